The predicted molar refractivity (Wildman–Crippen MR) is 47.0 cm³/mol. The van der Waals surface area contributed by atoms with Crippen LogP contribution in [0.3, 0.4) is 0 Å². The van der Waals surface area contributed by atoms with E-state index in [-0.39, 0.29) is 0 Å². The minimum atomic E-state index is -1.16. The Morgan fingerprint density at radius 3 is 2.38 bits per heavy atom. The smallest absolute Gasteiger partial charge is 0.321 e. The minimum Gasteiger partial charge on any atom is -0.481 e. The maximum atomic E-state index is 10.5. The molecule has 6 heteroatoms. The standard InChI is InChI=1S/C7H12ClNO4/c8-2-1-3-9-5(7(12)13)4-6(10)11/h5,9H,1-4H2,(H,10,11)(H,12,13)/t5-/m1/s1. The molecular formula is C7H12ClNO4. The number of nitrogens with one attached hydrogen (secondary N) is 1. The van der Waals surface area contributed by atoms with E-state index in [9.17, 15) is 9.59 Å². The Hall–Kier alpha value is -0.810. The number of rotatable bonds is 7. The lowest BCUT2D eigenvalue weighted by Crippen LogP contribution is -2.39. The van der Waals surface area contributed by atoms with Gasteiger partial charge in [0.1, 0.15) is 6.04 Å². The van der Waals surface area contributed by atoms with Gasteiger partial charge in [-0.3, -0.25) is 9.59 Å². The number of aliphatic carboxylic acids is 2. The van der Waals surface area contributed by atoms with Gasteiger partial charge < -0.3 is 15.5 Å². The largest absolute Gasteiger partial charge is 0.481 e. The van der Waals surface area contributed by atoms with Gasteiger partial charge in [-0.15, -0.1) is 11.6 Å². The van der Waals surface area contributed by atoms with Crippen molar-refractivity contribution in [1.29, 1.82) is 0 Å². The van der Waals surface area contributed by atoms with Crippen LogP contribution in [0.25, 0.3) is 0 Å². The third-order valence-corrected chi connectivity index (χ3v) is 1.65. The fourth-order valence-corrected chi connectivity index (χ4v) is 0.898. The number of halogens is 1. The van der Waals surface area contributed by atoms with E-state index < -0.39 is 24.4 Å². The van der Waals surface area contributed by atoms with Gasteiger partial charge in [0.2, 0.25) is 0 Å². The number of carbonyl (C=O) groups is 2. The summed E-state index contributed by atoms with van der Waals surface area (Å²) in [4.78, 5) is 20.7. The first-order valence-electron chi connectivity index (χ1n) is 3.82. The van der Waals surface area contributed by atoms with Crippen molar-refractivity contribution in [3.05, 3.63) is 0 Å². The van der Waals surface area contributed by atoms with Gasteiger partial charge in [-0.1, -0.05) is 0 Å². The van der Waals surface area contributed by atoms with Gasteiger partial charge in [-0.2, -0.15) is 0 Å². The quantitative estimate of drug-likeness (QED) is 0.410. The van der Waals surface area contributed by atoms with Crippen molar-refractivity contribution < 1.29 is 19.8 Å². The molecule has 0 heterocycles. The van der Waals surface area contributed by atoms with E-state index in [2.05, 4.69) is 5.32 Å². The van der Waals surface area contributed by atoms with Crippen molar-refractivity contribution in [2.24, 2.45) is 0 Å². The molecule has 0 rings (SSSR count). The van der Waals surface area contributed by atoms with Gasteiger partial charge in [-0.05, 0) is 13.0 Å². The first-order chi connectivity index (χ1) is 6.07. The fraction of sp³-hybridized carbons (Fsp3) is 0.714. The molecule has 3 N–H and O–H groups in total. The van der Waals surface area contributed by atoms with Crippen molar-refractivity contribution in [3.8, 4) is 0 Å². The molecule has 13 heavy (non-hydrogen) atoms. The molecule has 0 saturated heterocycles. The zero-order valence-corrected chi connectivity index (χ0v) is 7.75. The normalized spacial score (nSPS) is 12.4. The molecule has 0 spiro atoms. The predicted octanol–water partition coefficient (Wildman–Crippen LogP) is 0.133. The molecule has 0 aliphatic heterocycles. The maximum Gasteiger partial charge on any atom is 0.321 e. The summed E-state index contributed by atoms with van der Waals surface area (Å²) in [7, 11) is 0. The monoisotopic (exact) mass is 209 g/mol. The topological polar surface area (TPSA) is 86.6 Å². The number of hydrogen-bond donors (Lipinski definition) is 3. The van der Waals surface area contributed by atoms with Crippen molar-refractivity contribution in [2.45, 2.75) is 18.9 Å². The van der Waals surface area contributed by atoms with E-state index in [1.54, 1.807) is 0 Å². The molecule has 0 aliphatic carbocycles. The van der Waals surface area contributed by atoms with E-state index in [1.807, 2.05) is 0 Å². The van der Waals surface area contributed by atoms with Crippen LogP contribution in [0.5, 0.6) is 0 Å². The summed E-state index contributed by atoms with van der Waals surface area (Å²) in [5.74, 6) is -1.87. The highest BCUT2D eigenvalue weighted by Gasteiger charge is 2.19. The summed E-state index contributed by atoms with van der Waals surface area (Å²) in [6.45, 7) is 0.410. The SMILES string of the molecule is O=C(O)C[C@@H](NCCCCl)C(=O)O. The Bertz CT molecular complexity index is 185. The van der Waals surface area contributed by atoms with Gasteiger partial charge in [0, 0.05) is 5.88 Å². The third kappa shape index (κ3) is 6.36. The zero-order chi connectivity index (χ0) is 10.3. The molecule has 0 aliphatic rings. The van der Waals surface area contributed by atoms with Crippen molar-refractivity contribution in [2.75, 3.05) is 12.4 Å². The summed E-state index contributed by atoms with van der Waals surface area (Å²) in [6, 6.07) is -1.03. The Morgan fingerprint density at radius 1 is 1.38 bits per heavy atom. The Morgan fingerprint density at radius 2 is 2.00 bits per heavy atom. The average molecular weight is 210 g/mol. The van der Waals surface area contributed by atoms with Gasteiger partial charge in [-0.25, -0.2) is 0 Å². The van der Waals surface area contributed by atoms with E-state index in [0.717, 1.165) is 0 Å². The van der Waals surface area contributed by atoms with E-state index in [0.29, 0.717) is 18.8 Å². The summed E-state index contributed by atoms with van der Waals surface area (Å²) < 4.78 is 0. The molecule has 0 saturated carbocycles. The lowest BCUT2D eigenvalue weighted by Gasteiger charge is -2.10. The summed E-state index contributed by atoms with van der Waals surface area (Å²) in [6.07, 6.45) is 0.197. The van der Waals surface area contributed by atoms with Crippen molar-refractivity contribution in [1.82, 2.24) is 5.32 Å². The van der Waals surface area contributed by atoms with Crippen molar-refractivity contribution >= 4 is 23.5 Å². The van der Waals surface area contributed by atoms with Crippen LogP contribution in [0.2, 0.25) is 0 Å². The molecule has 0 amide bonds. The molecule has 0 unspecified atom stereocenters. The van der Waals surface area contributed by atoms with Crippen LogP contribution in [0.4, 0.5) is 0 Å². The summed E-state index contributed by atoms with van der Waals surface area (Å²) in [5.41, 5.74) is 0. The van der Waals surface area contributed by atoms with E-state index in [4.69, 9.17) is 21.8 Å². The van der Waals surface area contributed by atoms with Crippen LogP contribution < -0.4 is 5.32 Å². The molecule has 0 aromatic carbocycles. The van der Waals surface area contributed by atoms with Crippen LogP contribution in [0.15, 0.2) is 0 Å². The van der Waals surface area contributed by atoms with Gasteiger partial charge >= 0.3 is 11.9 Å². The molecule has 0 bridgehead atoms. The lowest BCUT2D eigenvalue weighted by atomic mass is 10.2. The van der Waals surface area contributed by atoms with Gasteiger partial charge in [0.25, 0.3) is 0 Å². The minimum absolute atomic E-state index is 0.410. The Balaban J connectivity index is 3.81. The van der Waals surface area contributed by atoms with Crippen LogP contribution >= 0.6 is 11.6 Å². The highest BCUT2D eigenvalue weighted by Crippen LogP contribution is 1.93. The van der Waals surface area contributed by atoms with Crippen LogP contribution in [0, 0.1) is 0 Å². The zero-order valence-electron chi connectivity index (χ0n) is 6.99. The highest BCUT2D eigenvalue weighted by atomic mass is 35.5. The number of alkyl halides is 1. The second kappa shape index (κ2) is 6.68. The van der Waals surface area contributed by atoms with Gasteiger partial charge in [0.15, 0.2) is 0 Å². The van der Waals surface area contributed by atoms with Crippen LogP contribution in [-0.4, -0.2) is 40.6 Å². The van der Waals surface area contributed by atoms with Gasteiger partial charge in [0.05, 0.1) is 6.42 Å². The number of carboxylic acids is 2. The Labute approximate surface area is 80.7 Å². The van der Waals surface area contributed by atoms with Crippen LogP contribution in [-0.2, 0) is 9.59 Å². The van der Waals surface area contributed by atoms with E-state index in [1.165, 1.54) is 0 Å². The second-order valence-corrected chi connectivity index (χ2v) is 2.86. The highest BCUT2D eigenvalue weighted by molar-refractivity contribution is 6.17. The molecular weight excluding hydrogens is 198 g/mol. The summed E-state index contributed by atoms with van der Waals surface area (Å²) in [5, 5.41) is 19.5. The first kappa shape index (κ1) is 12.2. The molecule has 1 atom stereocenters. The molecule has 0 aromatic heterocycles. The fourth-order valence-electron chi connectivity index (χ4n) is 0.765. The maximum absolute atomic E-state index is 10.5. The summed E-state index contributed by atoms with van der Waals surface area (Å²) >= 11 is 5.37. The first-order valence-corrected chi connectivity index (χ1v) is 4.35. The molecule has 5 nitrogen and oxygen atoms in total. The van der Waals surface area contributed by atoms with Crippen LogP contribution in [0.1, 0.15) is 12.8 Å². The molecule has 76 valence electrons. The second-order valence-electron chi connectivity index (χ2n) is 2.49. The number of carboxylic acid groups (broad SMARTS) is 2. The van der Waals surface area contributed by atoms with Crippen molar-refractivity contribution in [3.63, 3.8) is 0 Å². The average Bonchev–Trinajstić information content (AvgIpc) is 2.02. The molecule has 0 aromatic rings. The molecule has 0 fully saturated rings. The van der Waals surface area contributed by atoms with E-state index >= 15 is 0 Å². The lowest BCUT2D eigenvalue weighted by molar-refractivity contribution is -0.145. The molecule has 0 radical (unpaired) electrons. The third-order valence-electron chi connectivity index (χ3n) is 1.38. The number of hydrogen-bond acceptors (Lipinski definition) is 3. The Kier molecular flexibility index (Phi) is 6.26.